The lowest BCUT2D eigenvalue weighted by Gasteiger charge is -2.09. The van der Waals surface area contributed by atoms with Crippen molar-refractivity contribution in [2.45, 2.75) is 11.4 Å². The highest BCUT2D eigenvalue weighted by Crippen LogP contribution is 2.21. The van der Waals surface area contributed by atoms with Crippen molar-refractivity contribution in [3.8, 4) is 11.3 Å². The molecule has 2 aromatic heterocycles. The Kier molecular flexibility index (Phi) is 4.79. The van der Waals surface area contributed by atoms with E-state index in [0.29, 0.717) is 4.47 Å². The van der Waals surface area contributed by atoms with Crippen LogP contribution in [0.15, 0.2) is 64.4 Å². The summed E-state index contributed by atoms with van der Waals surface area (Å²) in [5, 5.41) is 4.12. The Morgan fingerprint density at radius 1 is 1.25 bits per heavy atom. The summed E-state index contributed by atoms with van der Waals surface area (Å²) in [5.74, 6) is 0. The van der Waals surface area contributed by atoms with Crippen molar-refractivity contribution in [1.82, 2.24) is 19.5 Å². The molecule has 124 valence electrons. The number of nitrogens with zero attached hydrogens (tertiary/aromatic N) is 3. The molecule has 24 heavy (non-hydrogen) atoms. The molecule has 0 aliphatic heterocycles. The second-order valence-corrected chi connectivity index (χ2v) is 7.80. The van der Waals surface area contributed by atoms with Crippen LogP contribution in [-0.2, 0) is 23.6 Å². The van der Waals surface area contributed by atoms with Crippen LogP contribution < -0.4 is 4.72 Å². The van der Waals surface area contributed by atoms with Gasteiger partial charge in [-0.3, -0.25) is 9.67 Å². The molecular weight excluding hydrogens is 392 g/mol. The molecule has 0 fully saturated rings. The lowest BCUT2D eigenvalue weighted by atomic mass is 10.2. The molecule has 0 saturated carbocycles. The maximum Gasteiger partial charge on any atom is 0.241 e. The SMILES string of the molecule is Cn1cc(-c2cc(CNS(=O)(=O)c3ccccc3Br)ccn2)cn1. The summed E-state index contributed by atoms with van der Waals surface area (Å²) in [7, 11) is -1.76. The predicted octanol–water partition coefficient (Wildman–Crippen LogP) is 2.72. The molecule has 0 atom stereocenters. The molecule has 0 bridgehead atoms. The molecule has 0 saturated heterocycles. The summed E-state index contributed by atoms with van der Waals surface area (Å²) in [6.45, 7) is 0.180. The molecule has 6 nitrogen and oxygen atoms in total. The minimum Gasteiger partial charge on any atom is -0.275 e. The molecule has 0 aliphatic rings. The summed E-state index contributed by atoms with van der Waals surface area (Å²) >= 11 is 3.26. The first-order valence-corrected chi connectivity index (χ1v) is 9.41. The third-order valence-corrected chi connectivity index (χ3v) is 5.83. The van der Waals surface area contributed by atoms with Crippen molar-refractivity contribution in [1.29, 1.82) is 0 Å². The fourth-order valence-corrected chi connectivity index (χ4v) is 4.23. The smallest absolute Gasteiger partial charge is 0.241 e. The van der Waals surface area contributed by atoms with E-state index in [4.69, 9.17) is 0 Å². The zero-order chi connectivity index (χ0) is 17.2. The number of benzene rings is 1. The predicted molar refractivity (Wildman–Crippen MR) is 94.6 cm³/mol. The van der Waals surface area contributed by atoms with Crippen LogP contribution in [0.3, 0.4) is 0 Å². The van der Waals surface area contributed by atoms with Crippen LogP contribution in [0.2, 0.25) is 0 Å². The minimum absolute atomic E-state index is 0.180. The fraction of sp³-hybridized carbons (Fsp3) is 0.125. The number of sulfonamides is 1. The summed E-state index contributed by atoms with van der Waals surface area (Å²) in [6, 6.07) is 10.3. The van der Waals surface area contributed by atoms with Gasteiger partial charge < -0.3 is 0 Å². The highest BCUT2D eigenvalue weighted by atomic mass is 79.9. The molecule has 0 spiro atoms. The van der Waals surface area contributed by atoms with Crippen molar-refractivity contribution in [3.63, 3.8) is 0 Å². The van der Waals surface area contributed by atoms with Gasteiger partial charge in [-0.1, -0.05) is 12.1 Å². The van der Waals surface area contributed by atoms with Crippen LogP contribution in [0.5, 0.6) is 0 Å². The first-order chi connectivity index (χ1) is 11.5. The van der Waals surface area contributed by atoms with Gasteiger partial charge in [0.15, 0.2) is 0 Å². The average Bonchev–Trinajstić information content (AvgIpc) is 3.00. The van der Waals surface area contributed by atoms with Crippen LogP contribution in [0, 0.1) is 0 Å². The first kappa shape index (κ1) is 16.8. The lowest BCUT2D eigenvalue weighted by molar-refractivity contribution is 0.581. The third-order valence-electron chi connectivity index (χ3n) is 3.42. The Morgan fingerprint density at radius 2 is 2.04 bits per heavy atom. The van der Waals surface area contributed by atoms with Crippen molar-refractivity contribution in [2.75, 3.05) is 0 Å². The van der Waals surface area contributed by atoms with E-state index in [0.717, 1.165) is 16.8 Å². The monoisotopic (exact) mass is 406 g/mol. The molecule has 1 aromatic carbocycles. The van der Waals surface area contributed by atoms with E-state index in [-0.39, 0.29) is 11.4 Å². The Balaban J connectivity index is 1.79. The van der Waals surface area contributed by atoms with Gasteiger partial charge in [-0.2, -0.15) is 5.10 Å². The van der Waals surface area contributed by atoms with Gasteiger partial charge in [0.25, 0.3) is 0 Å². The Hall–Kier alpha value is -2.03. The topological polar surface area (TPSA) is 76.9 Å². The Bertz CT molecular complexity index is 969. The van der Waals surface area contributed by atoms with Gasteiger partial charge in [-0.15, -0.1) is 0 Å². The first-order valence-electron chi connectivity index (χ1n) is 7.14. The number of pyridine rings is 1. The van der Waals surface area contributed by atoms with E-state index in [9.17, 15) is 8.42 Å². The molecule has 0 aliphatic carbocycles. The van der Waals surface area contributed by atoms with E-state index >= 15 is 0 Å². The number of rotatable bonds is 5. The van der Waals surface area contributed by atoms with Gasteiger partial charge >= 0.3 is 0 Å². The second kappa shape index (κ2) is 6.84. The largest absolute Gasteiger partial charge is 0.275 e. The van der Waals surface area contributed by atoms with E-state index < -0.39 is 10.0 Å². The van der Waals surface area contributed by atoms with E-state index in [1.54, 1.807) is 47.4 Å². The number of aryl methyl sites for hydroxylation is 1. The van der Waals surface area contributed by atoms with E-state index in [2.05, 4.69) is 30.7 Å². The molecule has 0 amide bonds. The Labute approximate surface area is 148 Å². The van der Waals surface area contributed by atoms with Gasteiger partial charge in [-0.05, 0) is 45.8 Å². The molecule has 3 rings (SSSR count). The average molecular weight is 407 g/mol. The van der Waals surface area contributed by atoms with Crippen LogP contribution in [0.4, 0.5) is 0 Å². The molecule has 3 aromatic rings. The number of aromatic nitrogens is 3. The van der Waals surface area contributed by atoms with Gasteiger partial charge in [-0.25, -0.2) is 13.1 Å². The third kappa shape index (κ3) is 3.72. The lowest BCUT2D eigenvalue weighted by Crippen LogP contribution is -2.23. The van der Waals surface area contributed by atoms with Crippen molar-refractivity contribution < 1.29 is 8.42 Å². The van der Waals surface area contributed by atoms with Crippen LogP contribution >= 0.6 is 15.9 Å². The highest BCUT2D eigenvalue weighted by Gasteiger charge is 2.16. The van der Waals surface area contributed by atoms with E-state index in [1.165, 1.54) is 0 Å². The fourth-order valence-electron chi connectivity index (χ4n) is 2.21. The summed E-state index contributed by atoms with van der Waals surface area (Å²) in [6.07, 6.45) is 5.24. The van der Waals surface area contributed by atoms with Crippen molar-refractivity contribution >= 4 is 26.0 Å². The van der Waals surface area contributed by atoms with Gasteiger partial charge in [0.2, 0.25) is 10.0 Å². The minimum atomic E-state index is -3.60. The van der Waals surface area contributed by atoms with Crippen LogP contribution in [0.25, 0.3) is 11.3 Å². The molecule has 8 heteroatoms. The normalized spacial score (nSPS) is 11.6. The molecule has 0 unspecified atom stereocenters. The molecular formula is C16H15BrN4O2S. The number of halogens is 1. The van der Waals surface area contributed by atoms with Crippen LogP contribution in [-0.4, -0.2) is 23.2 Å². The zero-order valence-corrected chi connectivity index (χ0v) is 15.3. The zero-order valence-electron chi connectivity index (χ0n) is 12.8. The van der Waals surface area contributed by atoms with Gasteiger partial charge in [0.1, 0.15) is 0 Å². The molecule has 2 heterocycles. The van der Waals surface area contributed by atoms with Crippen LogP contribution in [0.1, 0.15) is 5.56 Å². The van der Waals surface area contributed by atoms with Crippen molar-refractivity contribution in [3.05, 3.63) is 65.0 Å². The summed E-state index contributed by atoms with van der Waals surface area (Å²) in [5.41, 5.74) is 2.45. The maximum absolute atomic E-state index is 12.4. The standard InChI is InChI=1S/C16H15BrN4O2S/c1-21-11-13(10-19-21)15-8-12(6-7-18-15)9-20-24(22,23)16-5-3-2-4-14(16)17/h2-8,10-11,20H,9H2,1H3. The number of hydrogen-bond donors (Lipinski definition) is 1. The molecule has 1 N–H and O–H groups in total. The second-order valence-electron chi connectivity index (χ2n) is 5.21. The quantitative estimate of drug-likeness (QED) is 0.706. The number of nitrogens with one attached hydrogen (secondary N) is 1. The van der Waals surface area contributed by atoms with Gasteiger partial charge in [0.05, 0.1) is 16.8 Å². The van der Waals surface area contributed by atoms with E-state index in [1.807, 2.05) is 19.3 Å². The Morgan fingerprint density at radius 3 is 2.75 bits per heavy atom. The van der Waals surface area contributed by atoms with Gasteiger partial charge in [0, 0.05) is 36.0 Å². The summed E-state index contributed by atoms with van der Waals surface area (Å²) < 4.78 is 29.7. The maximum atomic E-state index is 12.4. The number of hydrogen-bond acceptors (Lipinski definition) is 4. The molecule has 0 radical (unpaired) electrons. The summed E-state index contributed by atoms with van der Waals surface area (Å²) in [4.78, 5) is 4.52. The highest BCUT2D eigenvalue weighted by molar-refractivity contribution is 9.10. The van der Waals surface area contributed by atoms with Crippen molar-refractivity contribution in [2.24, 2.45) is 7.05 Å².